The van der Waals surface area contributed by atoms with Gasteiger partial charge in [0.1, 0.15) is 0 Å². The van der Waals surface area contributed by atoms with Crippen molar-refractivity contribution < 1.29 is 14.0 Å². The first-order chi connectivity index (χ1) is 17.6. The van der Waals surface area contributed by atoms with E-state index < -0.39 is 0 Å². The molecule has 3 heterocycles. The van der Waals surface area contributed by atoms with Crippen molar-refractivity contribution in [1.82, 2.24) is 15.5 Å². The van der Waals surface area contributed by atoms with Crippen molar-refractivity contribution in [2.24, 2.45) is 0 Å². The standard InChI is InChI=1S/C28H24N4O3S/c1-3-18-9-11-19(12-10-18)25-24(27-30-26(31-35-27)20-7-5-4-6-8-20)17(2)32(28(36)29-25)21-13-14-22-23(15-21)34-16-33-22/h4-15,25H,3,16H2,1-2H3,(H,29,36). The van der Waals surface area contributed by atoms with Gasteiger partial charge in [0.25, 0.3) is 5.89 Å². The minimum Gasteiger partial charge on any atom is -0.454 e. The number of hydrogen-bond donors (Lipinski definition) is 1. The van der Waals surface area contributed by atoms with Crippen molar-refractivity contribution in [3.05, 3.63) is 95.5 Å². The van der Waals surface area contributed by atoms with Crippen LogP contribution < -0.4 is 19.7 Å². The minimum absolute atomic E-state index is 0.210. The molecule has 1 N–H and O–H groups in total. The Bertz CT molecular complexity index is 1460. The molecule has 0 radical (unpaired) electrons. The molecule has 0 amide bonds. The second-order valence-corrected chi connectivity index (χ2v) is 9.03. The molecule has 8 heteroatoms. The number of fused-ring (bicyclic) bond motifs is 1. The molecule has 0 saturated heterocycles. The van der Waals surface area contributed by atoms with Crippen LogP contribution in [0.3, 0.4) is 0 Å². The average Bonchev–Trinajstić information content (AvgIpc) is 3.59. The first-order valence-electron chi connectivity index (χ1n) is 11.8. The molecule has 4 aromatic rings. The largest absolute Gasteiger partial charge is 0.454 e. The fraction of sp³-hybridized carbons (Fsp3) is 0.179. The molecule has 180 valence electrons. The number of allylic oxidation sites excluding steroid dienone is 1. The van der Waals surface area contributed by atoms with Crippen LogP contribution in [0.4, 0.5) is 5.69 Å². The van der Waals surface area contributed by atoms with E-state index in [0.29, 0.717) is 22.6 Å². The van der Waals surface area contributed by atoms with Crippen LogP contribution in [0.5, 0.6) is 11.5 Å². The predicted octanol–water partition coefficient (Wildman–Crippen LogP) is 5.89. The number of nitrogens with one attached hydrogen (secondary N) is 1. The van der Waals surface area contributed by atoms with Gasteiger partial charge in [0, 0.05) is 17.3 Å². The number of ether oxygens (including phenoxy) is 2. The van der Waals surface area contributed by atoms with E-state index in [1.165, 1.54) is 5.56 Å². The number of nitrogens with zero attached hydrogens (tertiary/aromatic N) is 3. The molecule has 0 bridgehead atoms. The summed E-state index contributed by atoms with van der Waals surface area (Å²) in [5, 5.41) is 8.37. The Balaban J connectivity index is 1.48. The van der Waals surface area contributed by atoms with Gasteiger partial charge in [-0.25, -0.2) is 0 Å². The fourth-order valence-electron chi connectivity index (χ4n) is 4.59. The molecule has 1 unspecified atom stereocenters. The number of anilines is 1. The van der Waals surface area contributed by atoms with E-state index >= 15 is 0 Å². The molecular formula is C28H24N4O3S. The van der Waals surface area contributed by atoms with Gasteiger partial charge < -0.3 is 19.3 Å². The van der Waals surface area contributed by atoms with Crippen LogP contribution in [-0.2, 0) is 6.42 Å². The van der Waals surface area contributed by atoms with Crippen molar-refractivity contribution in [2.75, 3.05) is 11.7 Å². The first-order valence-corrected chi connectivity index (χ1v) is 12.2. The molecule has 7 nitrogen and oxygen atoms in total. The smallest absolute Gasteiger partial charge is 0.258 e. The van der Waals surface area contributed by atoms with E-state index in [-0.39, 0.29) is 12.8 Å². The van der Waals surface area contributed by atoms with Gasteiger partial charge in [0.05, 0.1) is 17.3 Å². The maximum atomic E-state index is 5.87. The third-order valence-corrected chi connectivity index (χ3v) is 6.81. The Morgan fingerprint density at radius 3 is 2.56 bits per heavy atom. The highest BCUT2D eigenvalue weighted by Gasteiger charge is 2.35. The van der Waals surface area contributed by atoms with Gasteiger partial charge >= 0.3 is 0 Å². The summed E-state index contributed by atoms with van der Waals surface area (Å²) in [5.41, 5.74) is 5.83. The number of aromatic nitrogens is 2. The fourth-order valence-corrected chi connectivity index (χ4v) is 4.95. The Labute approximate surface area is 214 Å². The van der Waals surface area contributed by atoms with Crippen molar-refractivity contribution in [2.45, 2.75) is 26.3 Å². The Morgan fingerprint density at radius 2 is 1.78 bits per heavy atom. The second-order valence-electron chi connectivity index (χ2n) is 8.64. The maximum Gasteiger partial charge on any atom is 0.258 e. The maximum absolute atomic E-state index is 5.87. The molecule has 0 aliphatic carbocycles. The van der Waals surface area contributed by atoms with Gasteiger partial charge in [-0.1, -0.05) is 66.7 Å². The van der Waals surface area contributed by atoms with E-state index in [1.54, 1.807) is 0 Å². The van der Waals surface area contributed by atoms with Crippen molar-refractivity contribution in [3.8, 4) is 22.9 Å². The van der Waals surface area contributed by atoms with E-state index in [9.17, 15) is 0 Å². The van der Waals surface area contributed by atoms with Crippen LogP contribution in [0.1, 0.15) is 36.9 Å². The summed E-state index contributed by atoms with van der Waals surface area (Å²) in [6.45, 7) is 4.37. The van der Waals surface area contributed by atoms with Crippen LogP contribution >= 0.6 is 12.2 Å². The molecule has 6 rings (SSSR count). The lowest BCUT2D eigenvalue weighted by atomic mass is 9.93. The highest BCUT2D eigenvalue weighted by atomic mass is 32.1. The van der Waals surface area contributed by atoms with E-state index in [1.807, 2.05) is 60.4 Å². The molecule has 1 aromatic heterocycles. The number of benzene rings is 3. The lowest BCUT2D eigenvalue weighted by Gasteiger charge is -2.37. The Morgan fingerprint density at radius 1 is 1.00 bits per heavy atom. The average molecular weight is 497 g/mol. The first kappa shape index (κ1) is 22.3. The van der Waals surface area contributed by atoms with Crippen molar-refractivity contribution >= 4 is 28.6 Å². The van der Waals surface area contributed by atoms with Gasteiger partial charge in [0.2, 0.25) is 12.6 Å². The number of hydrogen-bond acceptors (Lipinski definition) is 6. The summed E-state index contributed by atoms with van der Waals surface area (Å²) in [5.74, 6) is 2.38. The minimum atomic E-state index is -0.252. The van der Waals surface area contributed by atoms with Crippen LogP contribution in [0, 0.1) is 0 Å². The predicted molar refractivity (Wildman–Crippen MR) is 142 cm³/mol. The third-order valence-electron chi connectivity index (χ3n) is 6.51. The van der Waals surface area contributed by atoms with Crippen LogP contribution in [-0.4, -0.2) is 22.0 Å². The summed E-state index contributed by atoms with van der Waals surface area (Å²) in [4.78, 5) is 6.75. The number of aryl methyl sites for hydroxylation is 1. The monoisotopic (exact) mass is 496 g/mol. The zero-order valence-electron chi connectivity index (χ0n) is 19.9. The molecule has 0 fully saturated rings. The molecule has 2 aliphatic heterocycles. The lowest BCUT2D eigenvalue weighted by Crippen LogP contribution is -2.46. The summed E-state index contributed by atoms with van der Waals surface area (Å²) >= 11 is 5.87. The summed E-state index contributed by atoms with van der Waals surface area (Å²) < 4.78 is 16.9. The van der Waals surface area contributed by atoms with Crippen LogP contribution in [0.15, 0.2) is 83.0 Å². The zero-order chi connectivity index (χ0) is 24.6. The number of rotatable bonds is 5. The van der Waals surface area contributed by atoms with Gasteiger partial charge in [-0.2, -0.15) is 4.98 Å². The second kappa shape index (κ2) is 9.13. The van der Waals surface area contributed by atoms with Gasteiger partial charge in [-0.15, -0.1) is 0 Å². The summed E-state index contributed by atoms with van der Waals surface area (Å²) in [6, 6.07) is 23.8. The molecular weight excluding hydrogens is 472 g/mol. The molecule has 0 spiro atoms. The SMILES string of the molecule is CCc1ccc(C2NC(=S)N(c3ccc4c(c3)OCO4)C(C)=C2c2nc(-c3ccccc3)no2)cc1. The summed E-state index contributed by atoms with van der Waals surface area (Å²) in [7, 11) is 0. The normalized spacial score (nSPS) is 16.9. The van der Waals surface area contributed by atoms with Gasteiger partial charge in [-0.05, 0) is 48.8 Å². The molecule has 36 heavy (non-hydrogen) atoms. The summed E-state index contributed by atoms with van der Waals surface area (Å²) in [6.07, 6.45) is 0.973. The molecule has 2 aliphatic rings. The Hall–Kier alpha value is -4.17. The van der Waals surface area contributed by atoms with Gasteiger partial charge in [-0.3, -0.25) is 4.90 Å². The van der Waals surface area contributed by atoms with Crippen molar-refractivity contribution in [1.29, 1.82) is 0 Å². The molecule has 1 atom stereocenters. The van der Waals surface area contributed by atoms with Crippen LogP contribution in [0.25, 0.3) is 17.0 Å². The van der Waals surface area contributed by atoms with Crippen LogP contribution in [0.2, 0.25) is 0 Å². The van der Waals surface area contributed by atoms with Gasteiger partial charge in [0.15, 0.2) is 16.6 Å². The van der Waals surface area contributed by atoms with E-state index in [0.717, 1.165) is 40.3 Å². The lowest BCUT2D eigenvalue weighted by molar-refractivity contribution is 0.174. The topological polar surface area (TPSA) is 72.7 Å². The number of thiocarbonyl (C=S) groups is 1. The zero-order valence-corrected chi connectivity index (χ0v) is 20.7. The van der Waals surface area contributed by atoms with Crippen molar-refractivity contribution in [3.63, 3.8) is 0 Å². The van der Waals surface area contributed by atoms with E-state index in [2.05, 4.69) is 41.7 Å². The highest BCUT2D eigenvalue weighted by molar-refractivity contribution is 7.80. The quantitative estimate of drug-likeness (QED) is 0.343. The molecule has 3 aromatic carbocycles. The highest BCUT2D eigenvalue weighted by Crippen LogP contribution is 2.42. The Kier molecular flexibility index (Phi) is 5.65. The molecule has 0 saturated carbocycles. The van der Waals surface area contributed by atoms with E-state index in [4.69, 9.17) is 31.2 Å². The third kappa shape index (κ3) is 3.89.